The lowest BCUT2D eigenvalue weighted by molar-refractivity contribution is -0.153. The van der Waals surface area contributed by atoms with Crippen LogP contribution in [0.1, 0.15) is 18.4 Å². The Bertz CT molecular complexity index is 1060. The Balaban J connectivity index is 1.46. The van der Waals surface area contributed by atoms with Gasteiger partial charge in [0.15, 0.2) is 6.61 Å². The molecule has 3 rings (SSSR count). The summed E-state index contributed by atoms with van der Waals surface area (Å²) in [6.45, 7) is 0.339. The highest BCUT2D eigenvalue weighted by atomic mass is 35.5. The predicted octanol–water partition coefficient (Wildman–Crippen LogP) is 2.65. The molecule has 1 amide bonds. The zero-order chi connectivity index (χ0) is 23.8. The van der Waals surface area contributed by atoms with Crippen LogP contribution in [0.25, 0.3) is 0 Å². The molecule has 178 valence electrons. The fourth-order valence-electron chi connectivity index (χ4n) is 3.55. The van der Waals surface area contributed by atoms with Crippen LogP contribution in [0.5, 0.6) is 5.75 Å². The van der Waals surface area contributed by atoms with E-state index in [4.69, 9.17) is 21.1 Å². The van der Waals surface area contributed by atoms with Crippen molar-refractivity contribution >= 4 is 33.5 Å². The van der Waals surface area contributed by atoms with Crippen LogP contribution in [-0.4, -0.2) is 58.0 Å². The van der Waals surface area contributed by atoms with Gasteiger partial charge in [0.1, 0.15) is 5.75 Å². The molecule has 1 atom stereocenters. The van der Waals surface area contributed by atoms with Crippen molar-refractivity contribution in [2.24, 2.45) is 5.92 Å². The van der Waals surface area contributed by atoms with Crippen LogP contribution in [0.3, 0.4) is 0 Å². The molecule has 0 bridgehead atoms. The highest BCUT2D eigenvalue weighted by molar-refractivity contribution is 7.89. The molecule has 0 spiro atoms. The molecular weight excluding hydrogens is 468 g/mol. The summed E-state index contributed by atoms with van der Waals surface area (Å²) in [6, 6.07) is 13.4. The van der Waals surface area contributed by atoms with Gasteiger partial charge in [-0.2, -0.15) is 4.31 Å². The summed E-state index contributed by atoms with van der Waals surface area (Å²) in [4.78, 5) is 24.6. The highest BCUT2D eigenvalue weighted by Crippen LogP contribution is 2.25. The maximum Gasteiger partial charge on any atom is 0.310 e. The number of methoxy groups -OCH3 is 1. The molecule has 0 aromatic heterocycles. The molecule has 0 aliphatic carbocycles. The first-order valence-electron chi connectivity index (χ1n) is 10.6. The summed E-state index contributed by atoms with van der Waals surface area (Å²) in [7, 11) is -2.24. The average Bonchev–Trinajstić information content (AvgIpc) is 2.84. The second-order valence-electron chi connectivity index (χ2n) is 7.71. The Hall–Kier alpha value is -2.62. The quantitative estimate of drug-likeness (QED) is 0.538. The second-order valence-corrected chi connectivity index (χ2v) is 10.1. The van der Waals surface area contributed by atoms with Crippen LogP contribution in [0.4, 0.5) is 0 Å². The van der Waals surface area contributed by atoms with E-state index in [9.17, 15) is 18.0 Å². The third-order valence-corrected chi connectivity index (χ3v) is 7.54. The van der Waals surface area contributed by atoms with Gasteiger partial charge in [-0.1, -0.05) is 23.7 Å². The fraction of sp³-hybridized carbons (Fsp3) is 0.391. The Labute approximate surface area is 198 Å². The summed E-state index contributed by atoms with van der Waals surface area (Å²) >= 11 is 5.85. The standard InChI is InChI=1S/C23H27ClN2O6S/c1-31-20-8-10-21(11-9-20)33(29,30)26-14-2-3-18(15-26)23(28)32-16-22(27)25-13-12-17-4-6-19(24)7-5-17/h4-11,18H,2-3,12-16H2,1H3,(H,25,27). The van der Waals surface area contributed by atoms with Crippen molar-refractivity contribution in [3.8, 4) is 5.75 Å². The van der Waals surface area contributed by atoms with Crippen LogP contribution >= 0.6 is 11.6 Å². The van der Waals surface area contributed by atoms with Crippen molar-refractivity contribution in [3.63, 3.8) is 0 Å². The summed E-state index contributed by atoms with van der Waals surface area (Å²) < 4.78 is 37.4. The fourth-order valence-corrected chi connectivity index (χ4v) is 5.20. The van der Waals surface area contributed by atoms with Crippen molar-refractivity contribution in [2.45, 2.75) is 24.2 Å². The first-order chi connectivity index (χ1) is 15.8. The molecule has 1 N–H and O–H groups in total. The number of ether oxygens (including phenoxy) is 2. The van der Waals surface area contributed by atoms with E-state index in [1.165, 1.54) is 23.5 Å². The summed E-state index contributed by atoms with van der Waals surface area (Å²) in [6.07, 6.45) is 1.66. The molecule has 8 nitrogen and oxygen atoms in total. The lowest BCUT2D eigenvalue weighted by atomic mass is 10.00. The van der Waals surface area contributed by atoms with Crippen LogP contribution in [0, 0.1) is 5.92 Å². The lowest BCUT2D eigenvalue weighted by Crippen LogP contribution is -2.43. The molecular formula is C23H27ClN2O6S. The van der Waals surface area contributed by atoms with Crippen LogP contribution in [0.15, 0.2) is 53.4 Å². The number of sulfonamides is 1. The monoisotopic (exact) mass is 494 g/mol. The number of carbonyl (C=O) groups excluding carboxylic acids is 2. The second kappa shape index (κ2) is 11.5. The first kappa shape index (κ1) is 25.0. The van der Waals surface area contributed by atoms with E-state index in [2.05, 4.69) is 5.32 Å². The van der Waals surface area contributed by atoms with E-state index >= 15 is 0 Å². The van der Waals surface area contributed by atoms with Crippen LogP contribution in [0.2, 0.25) is 5.02 Å². The van der Waals surface area contributed by atoms with Gasteiger partial charge in [0.05, 0.1) is 17.9 Å². The molecule has 1 aliphatic rings. The zero-order valence-corrected chi connectivity index (χ0v) is 19.9. The van der Waals surface area contributed by atoms with Crippen molar-refractivity contribution in [3.05, 3.63) is 59.1 Å². The van der Waals surface area contributed by atoms with E-state index in [0.717, 1.165) is 5.56 Å². The first-order valence-corrected chi connectivity index (χ1v) is 12.4. The Morgan fingerprint density at radius 1 is 1.12 bits per heavy atom. The number of rotatable bonds is 9. The summed E-state index contributed by atoms with van der Waals surface area (Å²) in [5.74, 6) is -1.04. The van der Waals surface area contributed by atoms with Gasteiger partial charge in [-0.3, -0.25) is 9.59 Å². The molecule has 33 heavy (non-hydrogen) atoms. The topological polar surface area (TPSA) is 102 Å². The van der Waals surface area contributed by atoms with Gasteiger partial charge >= 0.3 is 5.97 Å². The molecule has 1 aliphatic heterocycles. The number of esters is 1. The van der Waals surface area contributed by atoms with Crippen molar-refractivity contribution < 1.29 is 27.5 Å². The van der Waals surface area contributed by atoms with Crippen molar-refractivity contribution in [1.29, 1.82) is 0 Å². The number of nitrogens with one attached hydrogen (secondary N) is 1. The van der Waals surface area contributed by atoms with Gasteiger partial charge in [-0.25, -0.2) is 8.42 Å². The number of benzene rings is 2. The molecule has 1 heterocycles. The van der Waals surface area contributed by atoms with Gasteiger partial charge in [0.2, 0.25) is 10.0 Å². The minimum atomic E-state index is -3.74. The Kier molecular flexibility index (Phi) is 8.71. The van der Waals surface area contributed by atoms with E-state index < -0.39 is 34.4 Å². The van der Waals surface area contributed by atoms with Gasteiger partial charge in [-0.05, 0) is 61.2 Å². The molecule has 0 saturated carbocycles. The number of piperidine rings is 1. The third kappa shape index (κ3) is 6.93. The van der Waals surface area contributed by atoms with Gasteiger partial charge in [-0.15, -0.1) is 0 Å². The molecule has 1 saturated heterocycles. The van der Waals surface area contributed by atoms with Crippen molar-refractivity contribution in [1.82, 2.24) is 9.62 Å². The van der Waals surface area contributed by atoms with Crippen molar-refractivity contribution in [2.75, 3.05) is 33.4 Å². The number of carbonyl (C=O) groups is 2. The SMILES string of the molecule is COc1ccc(S(=O)(=O)N2CCCC(C(=O)OCC(=O)NCCc3ccc(Cl)cc3)C2)cc1. The molecule has 2 aromatic carbocycles. The summed E-state index contributed by atoms with van der Waals surface area (Å²) in [5.41, 5.74) is 1.03. The number of hydrogen-bond donors (Lipinski definition) is 1. The molecule has 1 unspecified atom stereocenters. The van der Waals surface area contributed by atoms with E-state index in [1.54, 1.807) is 24.3 Å². The molecule has 2 aromatic rings. The largest absolute Gasteiger partial charge is 0.497 e. The maximum absolute atomic E-state index is 12.9. The molecule has 1 fully saturated rings. The highest BCUT2D eigenvalue weighted by Gasteiger charge is 2.34. The van der Waals surface area contributed by atoms with Crippen LogP contribution in [-0.2, 0) is 30.8 Å². The predicted molar refractivity (Wildman–Crippen MR) is 124 cm³/mol. The number of hydrogen-bond acceptors (Lipinski definition) is 6. The zero-order valence-electron chi connectivity index (χ0n) is 18.3. The van der Waals surface area contributed by atoms with Gasteiger partial charge < -0.3 is 14.8 Å². The summed E-state index contributed by atoms with van der Waals surface area (Å²) in [5, 5.41) is 3.35. The minimum Gasteiger partial charge on any atom is -0.497 e. The normalized spacial score (nSPS) is 16.7. The van der Waals surface area contributed by atoms with E-state index in [1.807, 2.05) is 12.1 Å². The smallest absolute Gasteiger partial charge is 0.310 e. The van der Waals surface area contributed by atoms with E-state index in [-0.39, 0.29) is 11.4 Å². The van der Waals surface area contributed by atoms with E-state index in [0.29, 0.717) is 43.1 Å². The third-order valence-electron chi connectivity index (χ3n) is 5.41. The Morgan fingerprint density at radius 2 is 1.82 bits per heavy atom. The Morgan fingerprint density at radius 3 is 2.48 bits per heavy atom. The minimum absolute atomic E-state index is 0.0192. The number of amides is 1. The lowest BCUT2D eigenvalue weighted by Gasteiger charge is -2.30. The number of halogens is 1. The number of nitrogens with zero attached hydrogens (tertiary/aromatic N) is 1. The molecule has 0 radical (unpaired) electrons. The average molecular weight is 495 g/mol. The molecule has 10 heteroatoms. The van der Waals surface area contributed by atoms with Gasteiger partial charge in [0.25, 0.3) is 5.91 Å². The maximum atomic E-state index is 12.9. The van der Waals surface area contributed by atoms with Crippen LogP contribution < -0.4 is 10.1 Å². The van der Waals surface area contributed by atoms with Gasteiger partial charge in [0, 0.05) is 24.7 Å².